The Morgan fingerprint density at radius 3 is 1.30 bits per heavy atom. The zero-order chi connectivity index (χ0) is 18.8. The van der Waals surface area contributed by atoms with Crippen molar-refractivity contribution in [3.63, 3.8) is 0 Å². The van der Waals surface area contributed by atoms with Crippen LogP contribution in [-0.4, -0.2) is 19.9 Å². The summed E-state index contributed by atoms with van der Waals surface area (Å²) in [4.78, 5) is 18.5. The third-order valence-electron chi connectivity index (χ3n) is 4.42. The number of aromatic nitrogens is 4. The van der Waals surface area contributed by atoms with E-state index in [9.17, 15) is 0 Å². The molecule has 0 saturated carbocycles. The molecular formula is C23H20N4. The number of hydrogen-bond acceptors (Lipinski definition) is 4. The van der Waals surface area contributed by atoms with Gasteiger partial charge in [0, 0.05) is 28.6 Å². The maximum Gasteiger partial charge on any atom is 0.165 e. The van der Waals surface area contributed by atoms with Gasteiger partial charge in [-0.05, 0) is 32.9 Å². The Bertz CT molecular complexity index is 913. The first kappa shape index (κ1) is 17.0. The van der Waals surface area contributed by atoms with Crippen molar-refractivity contribution in [2.45, 2.75) is 20.8 Å². The summed E-state index contributed by atoms with van der Waals surface area (Å²) in [5.41, 5.74) is 6.19. The van der Waals surface area contributed by atoms with Crippen LogP contribution in [0.15, 0.2) is 66.9 Å². The van der Waals surface area contributed by atoms with Crippen LogP contribution in [0.25, 0.3) is 34.2 Å². The van der Waals surface area contributed by atoms with Crippen molar-refractivity contribution in [2.75, 3.05) is 0 Å². The molecular weight excluding hydrogens is 332 g/mol. The molecule has 0 N–H and O–H groups in total. The normalized spacial score (nSPS) is 10.8. The Labute approximate surface area is 159 Å². The minimum absolute atomic E-state index is 0.628. The highest BCUT2D eigenvalue weighted by atomic mass is 15.0. The van der Waals surface area contributed by atoms with E-state index in [1.54, 1.807) is 0 Å². The molecule has 0 aliphatic carbocycles. The van der Waals surface area contributed by atoms with E-state index in [1.165, 1.54) is 11.1 Å². The monoisotopic (exact) mass is 352 g/mol. The Morgan fingerprint density at radius 2 is 0.889 bits per heavy atom. The highest BCUT2D eigenvalue weighted by molar-refractivity contribution is 5.66. The van der Waals surface area contributed by atoms with Gasteiger partial charge in [0.25, 0.3) is 0 Å². The van der Waals surface area contributed by atoms with E-state index in [0.717, 1.165) is 22.4 Å². The van der Waals surface area contributed by atoms with Gasteiger partial charge in [0.15, 0.2) is 17.5 Å². The third kappa shape index (κ3) is 3.75. The van der Waals surface area contributed by atoms with Gasteiger partial charge in [-0.2, -0.15) is 0 Å². The lowest BCUT2D eigenvalue weighted by Gasteiger charge is -2.08. The van der Waals surface area contributed by atoms with Crippen LogP contribution in [-0.2, 0) is 0 Å². The number of benzene rings is 2. The molecule has 0 aliphatic heterocycles. The molecule has 0 fully saturated rings. The van der Waals surface area contributed by atoms with Crippen LogP contribution in [0.1, 0.15) is 16.8 Å². The lowest BCUT2D eigenvalue weighted by atomic mass is 10.1. The third-order valence-corrected chi connectivity index (χ3v) is 4.42. The van der Waals surface area contributed by atoms with Gasteiger partial charge in [-0.15, -0.1) is 0 Å². The summed E-state index contributed by atoms with van der Waals surface area (Å²) in [5.74, 6) is 1.95. The standard InChI is InChI=1S/C23H20N4/c1-15-4-9-18(10-5-15)21-25-22(19-11-6-16(2)7-12-19)27-23(26-21)20-13-8-17(3)24-14-20/h4-14H,1-3H3. The zero-order valence-corrected chi connectivity index (χ0v) is 15.6. The molecule has 0 radical (unpaired) electrons. The van der Waals surface area contributed by atoms with Gasteiger partial charge < -0.3 is 0 Å². The Hall–Kier alpha value is -3.40. The Morgan fingerprint density at radius 1 is 0.481 bits per heavy atom. The molecule has 4 rings (SSSR count). The topological polar surface area (TPSA) is 51.6 Å². The van der Waals surface area contributed by atoms with Crippen LogP contribution in [0.4, 0.5) is 0 Å². The number of rotatable bonds is 3. The summed E-state index contributed by atoms with van der Waals surface area (Å²) in [6.45, 7) is 6.10. The zero-order valence-electron chi connectivity index (χ0n) is 15.6. The van der Waals surface area contributed by atoms with E-state index in [0.29, 0.717) is 17.5 Å². The molecule has 27 heavy (non-hydrogen) atoms. The van der Waals surface area contributed by atoms with Crippen LogP contribution in [0, 0.1) is 20.8 Å². The minimum atomic E-state index is 0.628. The fourth-order valence-electron chi connectivity index (χ4n) is 2.77. The highest BCUT2D eigenvalue weighted by Crippen LogP contribution is 2.24. The lowest BCUT2D eigenvalue weighted by Crippen LogP contribution is -2.00. The van der Waals surface area contributed by atoms with Gasteiger partial charge in [0.2, 0.25) is 0 Å². The average Bonchev–Trinajstić information content (AvgIpc) is 2.69. The number of aryl methyl sites for hydroxylation is 3. The van der Waals surface area contributed by atoms with Gasteiger partial charge in [-0.1, -0.05) is 59.7 Å². The number of hydrogen-bond donors (Lipinski definition) is 0. The predicted molar refractivity (Wildman–Crippen MR) is 108 cm³/mol. The van der Waals surface area contributed by atoms with Gasteiger partial charge in [-0.25, -0.2) is 15.0 Å². The Balaban J connectivity index is 1.89. The van der Waals surface area contributed by atoms with Gasteiger partial charge in [-0.3, -0.25) is 4.98 Å². The van der Waals surface area contributed by atoms with Crippen molar-refractivity contribution in [3.05, 3.63) is 83.7 Å². The molecule has 0 unspecified atom stereocenters. The van der Waals surface area contributed by atoms with Crippen molar-refractivity contribution >= 4 is 0 Å². The van der Waals surface area contributed by atoms with Crippen molar-refractivity contribution in [3.8, 4) is 34.2 Å². The van der Waals surface area contributed by atoms with Crippen molar-refractivity contribution < 1.29 is 0 Å². The van der Waals surface area contributed by atoms with Gasteiger partial charge in [0.05, 0.1) is 0 Å². The summed E-state index contributed by atoms with van der Waals surface area (Å²) in [7, 11) is 0. The van der Waals surface area contributed by atoms with E-state index >= 15 is 0 Å². The number of pyridine rings is 1. The molecule has 2 aromatic heterocycles. The smallest absolute Gasteiger partial charge is 0.165 e. The first-order valence-corrected chi connectivity index (χ1v) is 8.92. The fraction of sp³-hybridized carbons (Fsp3) is 0.130. The van der Waals surface area contributed by atoms with Crippen LogP contribution in [0.3, 0.4) is 0 Å². The lowest BCUT2D eigenvalue weighted by molar-refractivity contribution is 1.07. The maximum absolute atomic E-state index is 4.73. The molecule has 0 bridgehead atoms. The molecule has 4 heteroatoms. The second-order valence-electron chi connectivity index (χ2n) is 6.73. The summed E-state index contributed by atoms with van der Waals surface area (Å²) in [6, 6.07) is 20.4. The summed E-state index contributed by atoms with van der Waals surface area (Å²) < 4.78 is 0. The minimum Gasteiger partial charge on any atom is -0.261 e. The largest absolute Gasteiger partial charge is 0.261 e. The second kappa shape index (κ2) is 7.08. The Kier molecular flexibility index (Phi) is 4.47. The summed E-state index contributed by atoms with van der Waals surface area (Å²) in [6.07, 6.45) is 1.81. The van der Waals surface area contributed by atoms with E-state index in [2.05, 4.69) is 43.1 Å². The predicted octanol–water partition coefficient (Wildman–Crippen LogP) is 5.19. The fourth-order valence-corrected chi connectivity index (χ4v) is 2.77. The second-order valence-corrected chi connectivity index (χ2v) is 6.73. The maximum atomic E-state index is 4.73. The highest BCUT2D eigenvalue weighted by Gasteiger charge is 2.12. The molecule has 0 atom stereocenters. The molecule has 2 aromatic carbocycles. The SMILES string of the molecule is Cc1ccc(-c2nc(-c3ccc(C)cc3)nc(-c3ccc(C)nc3)n2)cc1. The molecule has 4 nitrogen and oxygen atoms in total. The molecule has 0 amide bonds. The van der Waals surface area contributed by atoms with Crippen molar-refractivity contribution in [1.29, 1.82) is 0 Å². The molecule has 0 aliphatic rings. The van der Waals surface area contributed by atoms with Crippen LogP contribution in [0.5, 0.6) is 0 Å². The van der Waals surface area contributed by atoms with Crippen molar-refractivity contribution in [2.24, 2.45) is 0 Å². The molecule has 132 valence electrons. The first-order chi connectivity index (χ1) is 13.1. The van der Waals surface area contributed by atoms with E-state index in [4.69, 9.17) is 15.0 Å². The average molecular weight is 352 g/mol. The first-order valence-electron chi connectivity index (χ1n) is 8.92. The quantitative estimate of drug-likeness (QED) is 0.509. The molecule has 0 spiro atoms. The number of nitrogens with zero attached hydrogens (tertiary/aromatic N) is 4. The van der Waals surface area contributed by atoms with E-state index < -0.39 is 0 Å². The molecule has 4 aromatic rings. The van der Waals surface area contributed by atoms with Crippen LogP contribution < -0.4 is 0 Å². The molecule has 0 saturated heterocycles. The van der Waals surface area contributed by atoms with Crippen LogP contribution >= 0.6 is 0 Å². The summed E-state index contributed by atoms with van der Waals surface area (Å²) >= 11 is 0. The van der Waals surface area contributed by atoms with Crippen molar-refractivity contribution in [1.82, 2.24) is 19.9 Å². The van der Waals surface area contributed by atoms with E-state index in [1.807, 2.05) is 49.5 Å². The summed E-state index contributed by atoms with van der Waals surface area (Å²) in [5, 5.41) is 0. The van der Waals surface area contributed by atoms with Gasteiger partial charge in [0.1, 0.15) is 0 Å². The molecule has 2 heterocycles. The van der Waals surface area contributed by atoms with E-state index in [-0.39, 0.29) is 0 Å². The van der Waals surface area contributed by atoms with Gasteiger partial charge >= 0.3 is 0 Å². The van der Waals surface area contributed by atoms with Crippen LogP contribution in [0.2, 0.25) is 0 Å².